The van der Waals surface area contributed by atoms with Crippen LogP contribution >= 0.6 is 0 Å². The van der Waals surface area contributed by atoms with Gasteiger partial charge in [-0.3, -0.25) is 9.59 Å². The number of carbonyl (C=O) groups is 2. The molecule has 1 aromatic carbocycles. The van der Waals surface area contributed by atoms with E-state index in [4.69, 9.17) is 9.15 Å². The maximum atomic E-state index is 11.8. The molecule has 0 aliphatic carbocycles. The molecule has 5 heteroatoms. The molecule has 24 heavy (non-hydrogen) atoms. The van der Waals surface area contributed by atoms with Crippen molar-refractivity contribution in [2.45, 2.75) is 39.2 Å². The van der Waals surface area contributed by atoms with Crippen molar-refractivity contribution in [1.82, 2.24) is 5.32 Å². The maximum absolute atomic E-state index is 11.8. The number of ether oxygens (including phenoxy) is 1. The lowest BCUT2D eigenvalue weighted by atomic mass is 10.2. The Hall–Kier alpha value is -2.56. The maximum Gasteiger partial charge on any atom is 0.307 e. The van der Waals surface area contributed by atoms with Crippen LogP contribution in [0.25, 0.3) is 11.3 Å². The third-order valence-corrected chi connectivity index (χ3v) is 3.52. The zero-order valence-electron chi connectivity index (χ0n) is 14.1. The Morgan fingerprint density at radius 1 is 1.17 bits per heavy atom. The molecule has 128 valence electrons. The minimum atomic E-state index is -0.777. The first-order valence-corrected chi connectivity index (χ1v) is 8.21. The molecule has 0 saturated heterocycles. The van der Waals surface area contributed by atoms with Crippen LogP contribution in [0.5, 0.6) is 0 Å². The summed E-state index contributed by atoms with van der Waals surface area (Å²) in [4.78, 5) is 23.5. The molecule has 0 aliphatic heterocycles. The van der Waals surface area contributed by atoms with Gasteiger partial charge in [0.1, 0.15) is 11.5 Å². The lowest BCUT2D eigenvalue weighted by molar-refractivity contribution is -0.154. The molecule has 1 atom stereocenters. The Bertz CT molecular complexity index is 663. The van der Waals surface area contributed by atoms with E-state index in [2.05, 4.69) is 5.32 Å². The summed E-state index contributed by atoms with van der Waals surface area (Å²) in [6, 6.07) is 13.5. The third kappa shape index (κ3) is 5.26. The van der Waals surface area contributed by atoms with E-state index in [9.17, 15) is 9.59 Å². The van der Waals surface area contributed by atoms with Gasteiger partial charge < -0.3 is 14.5 Å². The van der Waals surface area contributed by atoms with E-state index in [-0.39, 0.29) is 12.3 Å². The number of furan rings is 1. The van der Waals surface area contributed by atoms with E-state index < -0.39 is 12.1 Å². The quantitative estimate of drug-likeness (QED) is 0.754. The van der Waals surface area contributed by atoms with Gasteiger partial charge in [-0.1, -0.05) is 37.3 Å². The molecule has 2 rings (SSSR count). The molecular formula is C19H23NO4. The number of nitrogens with one attached hydrogen (secondary N) is 1. The molecule has 1 heterocycles. The lowest BCUT2D eigenvalue weighted by Crippen LogP contribution is -2.36. The number of amides is 1. The van der Waals surface area contributed by atoms with Gasteiger partial charge in [0.15, 0.2) is 6.10 Å². The second-order valence-corrected chi connectivity index (χ2v) is 5.56. The van der Waals surface area contributed by atoms with Gasteiger partial charge in [0, 0.05) is 18.5 Å². The Kier molecular flexibility index (Phi) is 6.61. The fourth-order valence-corrected chi connectivity index (χ4v) is 2.20. The average molecular weight is 329 g/mol. The van der Waals surface area contributed by atoms with E-state index in [0.29, 0.717) is 18.7 Å². The minimum Gasteiger partial charge on any atom is -0.461 e. The predicted octanol–water partition coefficient (Wildman–Crippen LogP) is 3.34. The number of aryl methyl sites for hydroxylation is 1. The molecule has 0 spiro atoms. The number of hydrogen-bond acceptors (Lipinski definition) is 4. The van der Waals surface area contributed by atoms with E-state index in [1.807, 2.05) is 49.4 Å². The van der Waals surface area contributed by atoms with Crippen molar-refractivity contribution in [3.8, 4) is 11.3 Å². The summed E-state index contributed by atoms with van der Waals surface area (Å²) >= 11 is 0. The summed E-state index contributed by atoms with van der Waals surface area (Å²) in [5.74, 6) is 0.807. The average Bonchev–Trinajstić information content (AvgIpc) is 3.07. The zero-order chi connectivity index (χ0) is 17.4. The van der Waals surface area contributed by atoms with Gasteiger partial charge in [-0.2, -0.15) is 0 Å². The van der Waals surface area contributed by atoms with Gasteiger partial charge in [0.05, 0.1) is 6.42 Å². The highest BCUT2D eigenvalue weighted by atomic mass is 16.5. The molecule has 0 bridgehead atoms. The number of benzene rings is 1. The summed E-state index contributed by atoms with van der Waals surface area (Å²) in [5.41, 5.74) is 0.993. The van der Waals surface area contributed by atoms with Crippen LogP contribution in [-0.2, 0) is 20.7 Å². The van der Waals surface area contributed by atoms with Crippen molar-refractivity contribution in [2.24, 2.45) is 0 Å². The lowest BCUT2D eigenvalue weighted by Gasteiger charge is -2.12. The smallest absolute Gasteiger partial charge is 0.307 e. The highest BCUT2D eigenvalue weighted by Gasteiger charge is 2.17. The molecule has 1 unspecified atom stereocenters. The van der Waals surface area contributed by atoms with Crippen molar-refractivity contribution in [2.75, 3.05) is 6.54 Å². The molecule has 1 N–H and O–H groups in total. The van der Waals surface area contributed by atoms with Gasteiger partial charge >= 0.3 is 5.97 Å². The summed E-state index contributed by atoms with van der Waals surface area (Å²) in [6.07, 6.45) is 0.678. The fourth-order valence-electron chi connectivity index (χ4n) is 2.20. The fraction of sp³-hybridized carbons (Fsp3) is 0.368. The Balaban J connectivity index is 1.80. The normalized spacial score (nSPS) is 11.8. The molecule has 0 saturated carbocycles. The molecule has 2 aromatic rings. The molecule has 1 amide bonds. The third-order valence-electron chi connectivity index (χ3n) is 3.52. The topological polar surface area (TPSA) is 68.5 Å². The van der Waals surface area contributed by atoms with Crippen LogP contribution in [0.4, 0.5) is 0 Å². The first-order chi connectivity index (χ1) is 11.6. The highest BCUT2D eigenvalue weighted by Crippen LogP contribution is 2.22. The van der Waals surface area contributed by atoms with Gasteiger partial charge in [-0.25, -0.2) is 0 Å². The molecular weight excluding hydrogens is 306 g/mol. The van der Waals surface area contributed by atoms with E-state index in [1.165, 1.54) is 0 Å². The van der Waals surface area contributed by atoms with Gasteiger partial charge in [-0.15, -0.1) is 0 Å². The van der Waals surface area contributed by atoms with Gasteiger partial charge in [-0.05, 0) is 25.5 Å². The first-order valence-electron chi connectivity index (χ1n) is 8.21. The van der Waals surface area contributed by atoms with Crippen LogP contribution in [0, 0.1) is 0 Å². The minimum absolute atomic E-state index is 0.174. The molecule has 5 nitrogen and oxygen atoms in total. The monoisotopic (exact) mass is 329 g/mol. The zero-order valence-corrected chi connectivity index (χ0v) is 14.1. The van der Waals surface area contributed by atoms with Crippen LogP contribution in [0.3, 0.4) is 0 Å². The Morgan fingerprint density at radius 2 is 1.92 bits per heavy atom. The standard InChI is InChI=1S/C19H23NO4/c1-3-13-20-19(22)14(2)23-18(21)12-10-16-9-11-17(24-16)15-7-5-4-6-8-15/h4-9,11,14H,3,10,12-13H2,1-2H3,(H,20,22). The molecule has 0 aliphatic rings. The van der Waals surface area contributed by atoms with E-state index >= 15 is 0 Å². The second-order valence-electron chi connectivity index (χ2n) is 5.56. The number of hydrogen-bond donors (Lipinski definition) is 1. The Labute approximate surface area is 142 Å². The number of rotatable bonds is 8. The number of carbonyl (C=O) groups excluding carboxylic acids is 2. The summed E-state index contributed by atoms with van der Waals surface area (Å²) in [5, 5.41) is 2.70. The predicted molar refractivity (Wildman–Crippen MR) is 91.3 cm³/mol. The summed E-state index contributed by atoms with van der Waals surface area (Å²) < 4.78 is 10.9. The van der Waals surface area contributed by atoms with E-state index in [1.54, 1.807) is 6.92 Å². The van der Waals surface area contributed by atoms with Crippen molar-refractivity contribution in [3.63, 3.8) is 0 Å². The summed E-state index contributed by atoms with van der Waals surface area (Å²) in [7, 11) is 0. The van der Waals surface area contributed by atoms with Gasteiger partial charge in [0.2, 0.25) is 0 Å². The van der Waals surface area contributed by atoms with Crippen LogP contribution < -0.4 is 5.32 Å². The van der Waals surface area contributed by atoms with Crippen molar-refractivity contribution >= 4 is 11.9 Å². The Morgan fingerprint density at radius 3 is 2.62 bits per heavy atom. The van der Waals surface area contributed by atoms with Crippen molar-refractivity contribution in [1.29, 1.82) is 0 Å². The molecule has 0 fully saturated rings. The first kappa shape index (κ1) is 17.8. The van der Waals surface area contributed by atoms with Crippen LogP contribution in [0.1, 0.15) is 32.4 Å². The highest BCUT2D eigenvalue weighted by molar-refractivity contribution is 5.83. The molecule has 0 radical (unpaired) electrons. The second kappa shape index (κ2) is 8.91. The molecule has 1 aromatic heterocycles. The van der Waals surface area contributed by atoms with Crippen LogP contribution in [0.2, 0.25) is 0 Å². The number of esters is 1. The largest absolute Gasteiger partial charge is 0.461 e. The van der Waals surface area contributed by atoms with E-state index in [0.717, 1.165) is 17.7 Å². The van der Waals surface area contributed by atoms with Crippen molar-refractivity contribution < 1.29 is 18.7 Å². The van der Waals surface area contributed by atoms with Crippen molar-refractivity contribution in [3.05, 3.63) is 48.2 Å². The van der Waals surface area contributed by atoms with Crippen LogP contribution in [-0.4, -0.2) is 24.5 Å². The van der Waals surface area contributed by atoms with Gasteiger partial charge in [0.25, 0.3) is 5.91 Å². The van der Waals surface area contributed by atoms with Crippen LogP contribution in [0.15, 0.2) is 46.9 Å². The SMILES string of the molecule is CCCNC(=O)C(C)OC(=O)CCc1ccc(-c2ccccc2)o1. The summed E-state index contributed by atoms with van der Waals surface area (Å²) in [6.45, 7) is 4.11.